The lowest BCUT2D eigenvalue weighted by Crippen LogP contribution is -2.03. The van der Waals surface area contributed by atoms with Gasteiger partial charge in [0.05, 0.1) is 9.80 Å². The van der Waals surface area contributed by atoms with E-state index in [0.717, 1.165) is 3.57 Å². The summed E-state index contributed by atoms with van der Waals surface area (Å²) in [6, 6.07) is 15.6. The van der Waals surface area contributed by atoms with E-state index in [4.69, 9.17) is 0 Å². The molecule has 0 heterocycles. The van der Waals surface area contributed by atoms with Crippen LogP contribution < -0.4 is 0 Å². The first-order valence-electron chi connectivity index (χ1n) is 5.27. The minimum absolute atomic E-state index is 0.130. The van der Waals surface area contributed by atoms with Crippen LogP contribution in [0, 0.1) is 3.57 Å². The van der Waals surface area contributed by atoms with Crippen molar-refractivity contribution in [1.82, 2.24) is 0 Å². The largest absolute Gasteiger partial charge is 0.219 e. The summed E-state index contributed by atoms with van der Waals surface area (Å²) < 4.78 is 25.7. The Labute approximate surface area is 120 Å². The lowest BCUT2D eigenvalue weighted by Gasteiger charge is -2.08. The van der Waals surface area contributed by atoms with Crippen molar-refractivity contribution in [2.75, 3.05) is 0 Å². The Kier molecular flexibility index (Phi) is 3.87. The summed E-state index contributed by atoms with van der Waals surface area (Å²) in [5, 5.41) is 0. The van der Waals surface area contributed by atoms with E-state index in [9.17, 15) is 8.42 Å². The minimum Gasteiger partial charge on any atom is -0.219 e. The first-order chi connectivity index (χ1) is 8.51. The number of benzene rings is 2. The van der Waals surface area contributed by atoms with Gasteiger partial charge >= 0.3 is 0 Å². The van der Waals surface area contributed by atoms with Crippen molar-refractivity contribution in [2.45, 2.75) is 4.90 Å². The highest BCUT2D eigenvalue weighted by Gasteiger charge is 2.19. The molecule has 92 valence electrons. The molecule has 0 radical (unpaired) electrons. The minimum atomic E-state index is -3.50. The Morgan fingerprint density at radius 3 is 2.06 bits per heavy atom. The fourth-order valence-corrected chi connectivity index (χ4v) is 3.14. The van der Waals surface area contributed by atoms with E-state index in [1.165, 1.54) is 0 Å². The van der Waals surface area contributed by atoms with Gasteiger partial charge in [0, 0.05) is 3.57 Å². The Bertz CT molecular complexity index is 659. The zero-order valence-corrected chi connectivity index (χ0v) is 12.5. The monoisotopic (exact) mass is 370 g/mol. The highest BCUT2D eigenvalue weighted by molar-refractivity contribution is 14.1. The first kappa shape index (κ1) is 13.3. The Balaban J connectivity index is 2.43. The zero-order chi connectivity index (χ0) is 13.2. The molecular weight excluding hydrogens is 359 g/mol. The van der Waals surface area contributed by atoms with Gasteiger partial charge < -0.3 is 0 Å². The quantitative estimate of drug-likeness (QED) is 0.772. The summed E-state index contributed by atoms with van der Waals surface area (Å²) in [5.74, 6) is 0. The van der Waals surface area contributed by atoms with Crippen LogP contribution in [0.25, 0.3) is 4.91 Å². The van der Waals surface area contributed by atoms with E-state index in [1.54, 1.807) is 42.5 Å². The molecule has 4 heteroatoms. The van der Waals surface area contributed by atoms with Gasteiger partial charge in [-0.25, -0.2) is 8.42 Å². The predicted molar refractivity (Wildman–Crippen MR) is 81.8 cm³/mol. The maximum absolute atomic E-state index is 12.3. The standard InChI is InChI=1S/C14H11IO2S/c1-11(12-7-9-13(15)10-8-12)18(16,17)14-5-3-2-4-6-14/h2-10H,1H2. The summed E-state index contributed by atoms with van der Waals surface area (Å²) in [7, 11) is -3.50. The Hall–Kier alpha value is -1.14. The second-order valence-corrected chi connectivity index (χ2v) is 6.96. The van der Waals surface area contributed by atoms with Crippen molar-refractivity contribution in [3.05, 3.63) is 70.3 Å². The number of rotatable bonds is 3. The molecule has 0 amide bonds. The average molecular weight is 370 g/mol. The molecule has 2 nitrogen and oxygen atoms in total. The Morgan fingerprint density at radius 2 is 1.50 bits per heavy atom. The number of hydrogen-bond acceptors (Lipinski definition) is 2. The number of hydrogen-bond donors (Lipinski definition) is 0. The molecule has 0 bridgehead atoms. The fourth-order valence-electron chi connectivity index (χ4n) is 1.53. The van der Waals surface area contributed by atoms with Gasteiger partial charge in [0.1, 0.15) is 0 Å². The molecule has 0 unspecified atom stereocenters. The SMILES string of the molecule is C=C(c1ccc(I)cc1)S(=O)(=O)c1ccccc1. The molecular formula is C14H11IO2S. The molecule has 0 aliphatic rings. The summed E-state index contributed by atoms with van der Waals surface area (Å²) in [6.07, 6.45) is 0. The third-order valence-electron chi connectivity index (χ3n) is 2.54. The lowest BCUT2D eigenvalue weighted by molar-refractivity contribution is 0.606. The highest BCUT2D eigenvalue weighted by Crippen LogP contribution is 2.26. The normalized spacial score (nSPS) is 11.2. The van der Waals surface area contributed by atoms with Crippen LogP contribution in [-0.2, 0) is 9.84 Å². The van der Waals surface area contributed by atoms with Crippen molar-refractivity contribution in [2.24, 2.45) is 0 Å². The van der Waals surface area contributed by atoms with Gasteiger partial charge in [0.25, 0.3) is 0 Å². The lowest BCUT2D eigenvalue weighted by atomic mass is 10.2. The van der Waals surface area contributed by atoms with Crippen molar-refractivity contribution >= 4 is 37.3 Å². The second kappa shape index (κ2) is 5.24. The van der Waals surface area contributed by atoms with E-state index < -0.39 is 9.84 Å². The highest BCUT2D eigenvalue weighted by atomic mass is 127. The average Bonchev–Trinajstić information content (AvgIpc) is 2.40. The smallest absolute Gasteiger partial charge is 0.206 e. The molecule has 0 aliphatic heterocycles. The molecule has 2 aromatic carbocycles. The molecule has 2 aromatic rings. The number of halogens is 1. The van der Waals surface area contributed by atoms with Gasteiger partial charge in [0.15, 0.2) is 0 Å². The summed E-state index contributed by atoms with van der Waals surface area (Å²) in [6.45, 7) is 3.71. The first-order valence-corrected chi connectivity index (χ1v) is 7.83. The molecule has 18 heavy (non-hydrogen) atoms. The van der Waals surface area contributed by atoms with Crippen LogP contribution in [0.2, 0.25) is 0 Å². The van der Waals surface area contributed by atoms with Crippen molar-refractivity contribution in [3.63, 3.8) is 0 Å². The van der Waals surface area contributed by atoms with E-state index in [1.807, 2.05) is 12.1 Å². The summed E-state index contributed by atoms with van der Waals surface area (Å²) >= 11 is 2.17. The van der Waals surface area contributed by atoms with Crippen LogP contribution in [0.5, 0.6) is 0 Å². The Morgan fingerprint density at radius 1 is 0.944 bits per heavy atom. The third-order valence-corrected chi connectivity index (χ3v) is 5.04. The van der Waals surface area contributed by atoms with Crippen LogP contribution in [0.1, 0.15) is 5.56 Å². The van der Waals surface area contributed by atoms with Crippen LogP contribution in [0.15, 0.2) is 66.1 Å². The molecule has 0 N–H and O–H groups in total. The van der Waals surface area contributed by atoms with Gasteiger partial charge in [-0.2, -0.15) is 0 Å². The predicted octanol–water partition coefficient (Wildman–Crippen LogP) is 3.74. The van der Waals surface area contributed by atoms with Crippen molar-refractivity contribution in [1.29, 1.82) is 0 Å². The molecule has 0 spiro atoms. The fraction of sp³-hybridized carbons (Fsp3) is 0. The van der Waals surface area contributed by atoms with Gasteiger partial charge in [-0.3, -0.25) is 0 Å². The summed E-state index contributed by atoms with van der Waals surface area (Å²) in [5.41, 5.74) is 0.624. The molecule has 0 saturated heterocycles. The maximum Gasteiger partial charge on any atom is 0.206 e. The van der Waals surface area contributed by atoms with E-state index >= 15 is 0 Å². The van der Waals surface area contributed by atoms with Crippen LogP contribution >= 0.6 is 22.6 Å². The second-order valence-electron chi connectivity index (χ2n) is 3.75. The van der Waals surface area contributed by atoms with Gasteiger partial charge in [0.2, 0.25) is 9.84 Å². The molecule has 0 saturated carbocycles. The third kappa shape index (κ3) is 2.64. The molecule has 0 fully saturated rings. The van der Waals surface area contributed by atoms with E-state index in [0.29, 0.717) is 5.56 Å². The molecule has 0 atom stereocenters. The van der Waals surface area contributed by atoms with Crippen LogP contribution in [-0.4, -0.2) is 8.42 Å². The van der Waals surface area contributed by atoms with Crippen molar-refractivity contribution in [3.8, 4) is 0 Å². The van der Waals surface area contributed by atoms with Crippen LogP contribution in [0.4, 0.5) is 0 Å². The van der Waals surface area contributed by atoms with Crippen molar-refractivity contribution < 1.29 is 8.42 Å². The maximum atomic E-state index is 12.3. The summed E-state index contributed by atoms with van der Waals surface area (Å²) in [4.78, 5) is 0.402. The zero-order valence-electron chi connectivity index (χ0n) is 9.51. The van der Waals surface area contributed by atoms with Gasteiger partial charge in [-0.15, -0.1) is 0 Å². The van der Waals surface area contributed by atoms with E-state index in [2.05, 4.69) is 29.2 Å². The molecule has 0 aromatic heterocycles. The molecule has 2 rings (SSSR count). The van der Waals surface area contributed by atoms with Gasteiger partial charge in [-0.05, 0) is 52.4 Å². The molecule has 0 aliphatic carbocycles. The number of sulfone groups is 1. The van der Waals surface area contributed by atoms with E-state index in [-0.39, 0.29) is 9.80 Å². The topological polar surface area (TPSA) is 34.1 Å². The van der Waals surface area contributed by atoms with Gasteiger partial charge in [-0.1, -0.05) is 36.9 Å². The van der Waals surface area contributed by atoms with Crippen LogP contribution in [0.3, 0.4) is 0 Å².